The van der Waals surface area contributed by atoms with E-state index in [1.807, 2.05) is 30.3 Å². The first kappa shape index (κ1) is 15.7. The summed E-state index contributed by atoms with van der Waals surface area (Å²) in [5.41, 5.74) is 4.38. The van der Waals surface area contributed by atoms with Crippen LogP contribution in [-0.4, -0.2) is 31.3 Å². The van der Waals surface area contributed by atoms with Gasteiger partial charge in [0.1, 0.15) is 0 Å². The summed E-state index contributed by atoms with van der Waals surface area (Å²) in [6.45, 7) is 5.48. The average Bonchev–Trinajstić information content (AvgIpc) is 3.11. The Morgan fingerprint density at radius 1 is 1.04 bits per heavy atom. The van der Waals surface area contributed by atoms with Gasteiger partial charge in [0, 0.05) is 30.0 Å². The molecule has 3 aromatic rings. The number of aromatic nitrogens is 1. The third kappa shape index (κ3) is 3.67. The first-order valence-electron chi connectivity index (χ1n) is 8.50. The molecule has 0 bridgehead atoms. The third-order valence-electron chi connectivity index (χ3n) is 4.25. The second-order valence-electron chi connectivity index (χ2n) is 6.18. The largest absolute Gasteiger partial charge is 0.423 e. The molecule has 0 radical (unpaired) electrons. The molecule has 1 fully saturated rings. The van der Waals surface area contributed by atoms with Crippen LogP contribution in [-0.2, 0) is 4.74 Å². The molecule has 0 spiro atoms. The number of rotatable bonds is 4. The van der Waals surface area contributed by atoms with Crippen molar-refractivity contribution in [1.82, 2.24) is 4.98 Å². The molecule has 0 saturated carbocycles. The van der Waals surface area contributed by atoms with Gasteiger partial charge in [0.2, 0.25) is 0 Å². The molecule has 0 amide bonds. The monoisotopic (exact) mass is 335 g/mol. The molecule has 5 heteroatoms. The van der Waals surface area contributed by atoms with Crippen molar-refractivity contribution < 1.29 is 9.15 Å². The first-order valence-corrected chi connectivity index (χ1v) is 8.50. The van der Waals surface area contributed by atoms with Crippen LogP contribution in [0, 0.1) is 6.92 Å². The lowest BCUT2D eigenvalue weighted by molar-refractivity contribution is 0.122. The SMILES string of the molecule is Cc1cc(Nc2ncc(-c3ccccc3)o2)cc(N2CCOCC2)c1. The Morgan fingerprint density at radius 2 is 1.84 bits per heavy atom. The van der Waals surface area contributed by atoms with E-state index in [9.17, 15) is 0 Å². The van der Waals surface area contributed by atoms with Gasteiger partial charge >= 0.3 is 0 Å². The van der Waals surface area contributed by atoms with Crippen LogP contribution in [0.25, 0.3) is 11.3 Å². The Hall–Kier alpha value is -2.79. The van der Waals surface area contributed by atoms with Crippen LogP contribution < -0.4 is 10.2 Å². The summed E-state index contributed by atoms with van der Waals surface area (Å²) < 4.78 is 11.3. The van der Waals surface area contributed by atoms with Gasteiger partial charge in [-0.15, -0.1) is 0 Å². The standard InChI is InChI=1S/C20H21N3O2/c1-15-11-17(13-18(12-15)23-7-9-24-10-8-23)22-20-21-14-19(25-20)16-5-3-2-4-6-16/h2-6,11-14H,7-10H2,1H3,(H,21,22). The van der Waals surface area contributed by atoms with Crippen molar-refractivity contribution in [1.29, 1.82) is 0 Å². The van der Waals surface area contributed by atoms with Crippen molar-refractivity contribution in [3.05, 3.63) is 60.3 Å². The molecule has 4 rings (SSSR count). The van der Waals surface area contributed by atoms with E-state index in [1.165, 1.54) is 11.3 Å². The van der Waals surface area contributed by atoms with Gasteiger partial charge < -0.3 is 19.4 Å². The minimum atomic E-state index is 0.498. The molecule has 0 unspecified atom stereocenters. The first-order chi connectivity index (χ1) is 12.3. The Bertz CT molecular complexity index is 839. The fourth-order valence-electron chi connectivity index (χ4n) is 3.03. The van der Waals surface area contributed by atoms with Crippen LogP contribution in [0.5, 0.6) is 0 Å². The topological polar surface area (TPSA) is 50.5 Å². The number of anilines is 3. The number of ether oxygens (including phenoxy) is 1. The summed E-state index contributed by atoms with van der Waals surface area (Å²) >= 11 is 0. The van der Waals surface area contributed by atoms with E-state index < -0.39 is 0 Å². The number of hydrogen-bond donors (Lipinski definition) is 1. The molecular formula is C20H21N3O2. The highest BCUT2D eigenvalue weighted by Gasteiger charge is 2.13. The van der Waals surface area contributed by atoms with Crippen molar-refractivity contribution in [2.24, 2.45) is 0 Å². The summed E-state index contributed by atoms with van der Waals surface area (Å²) in [5, 5.41) is 3.28. The molecule has 128 valence electrons. The number of morpholine rings is 1. The number of nitrogens with zero attached hydrogens (tertiary/aromatic N) is 2. The minimum absolute atomic E-state index is 0.498. The quantitative estimate of drug-likeness (QED) is 0.773. The zero-order valence-corrected chi connectivity index (χ0v) is 14.2. The highest BCUT2D eigenvalue weighted by molar-refractivity contribution is 5.65. The molecule has 25 heavy (non-hydrogen) atoms. The van der Waals surface area contributed by atoms with Crippen LogP contribution >= 0.6 is 0 Å². The van der Waals surface area contributed by atoms with Gasteiger partial charge in [-0.25, -0.2) is 4.98 Å². The summed E-state index contributed by atoms with van der Waals surface area (Å²) in [4.78, 5) is 6.69. The number of aryl methyl sites for hydroxylation is 1. The average molecular weight is 335 g/mol. The van der Waals surface area contributed by atoms with Crippen LogP contribution in [0.3, 0.4) is 0 Å². The highest BCUT2D eigenvalue weighted by atomic mass is 16.5. The Kier molecular flexibility index (Phi) is 4.39. The fraction of sp³-hybridized carbons (Fsp3) is 0.250. The van der Waals surface area contributed by atoms with E-state index in [0.717, 1.165) is 43.3 Å². The molecule has 1 aromatic heterocycles. The molecule has 1 saturated heterocycles. The van der Waals surface area contributed by atoms with E-state index in [0.29, 0.717) is 6.01 Å². The minimum Gasteiger partial charge on any atom is -0.423 e. The summed E-state index contributed by atoms with van der Waals surface area (Å²) in [6.07, 6.45) is 1.75. The van der Waals surface area contributed by atoms with Crippen molar-refractivity contribution in [3.8, 4) is 11.3 Å². The highest BCUT2D eigenvalue weighted by Crippen LogP contribution is 2.27. The van der Waals surface area contributed by atoms with E-state index in [1.54, 1.807) is 6.20 Å². The van der Waals surface area contributed by atoms with Crippen molar-refractivity contribution in [2.45, 2.75) is 6.92 Å². The smallest absolute Gasteiger partial charge is 0.299 e. The third-order valence-corrected chi connectivity index (χ3v) is 4.25. The lowest BCUT2D eigenvalue weighted by Gasteiger charge is -2.29. The Morgan fingerprint density at radius 3 is 2.64 bits per heavy atom. The molecule has 2 heterocycles. The van der Waals surface area contributed by atoms with Crippen molar-refractivity contribution >= 4 is 17.4 Å². The molecule has 1 aliphatic heterocycles. The number of nitrogens with one attached hydrogen (secondary N) is 1. The number of benzene rings is 2. The molecule has 1 N–H and O–H groups in total. The van der Waals surface area contributed by atoms with E-state index in [4.69, 9.17) is 9.15 Å². The molecule has 0 atom stereocenters. The maximum atomic E-state index is 5.84. The molecule has 0 aliphatic carbocycles. The lowest BCUT2D eigenvalue weighted by Crippen LogP contribution is -2.36. The lowest BCUT2D eigenvalue weighted by atomic mass is 10.1. The van der Waals surface area contributed by atoms with Crippen LogP contribution in [0.15, 0.2) is 59.1 Å². The normalized spacial score (nSPS) is 14.5. The zero-order valence-electron chi connectivity index (χ0n) is 14.2. The Balaban J connectivity index is 1.54. The van der Waals surface area contributed by atoms with Gasteiger partial charge in [0.15, 0.2) is 5.76 Å². The van der Waals surface area contributed by atoms with Crippen LogP contribution in [0.2, 0.25) is 0 Å². The second-order valence-corrected chi connectivity index (χ2v) is 6.18. The van der Waals surface area contributed by atoms with Gasteiger partial charge in [-0.3, -0.25) is 0 Å². The summed E-state index contributed by atoms with van der Waals surface area (Å²) in [5.74, 6) is 0.754. The van der Waals surface area contributed by atoms with Gasteiger partial charge in [-0.2, -0.15) is 0 Å². The van der Waals surface area contributed by atoms with Crippen LogP contribution in [0.1, 0.15) is 5.56 Å². The van der Waals surface area contributed by atoms with Gasteiger partial charge in [-0.05, 0) is 30.7 Å². The maximum absolute atomic E-state index is 5.84. The molecular weight excluding hydrogens is 314 g/mol. The van der Waals surface area contributed by atoms with E-state index >= 15 is 0 Å². The van der Waals surface area contributed by atoms with Gasteiger partial charge in [0.25, 0.3) is 6.01 Å². The van der Waals surface area contributed by atoms with Crippen LogP contribution in [0.4, 0.5) is 17.4 Å². The predicted molar refractivity (Wildman–Crippen MR) is 99.4 cm³/mol. The van der Waals surface area contributed by atoms with Crippen molar-refractivity contribution in [3.63, 3.8) is 0 Å². The van der Waals surface area contributed by atoms with Gasteiger partial charge in [-0.1, -0.05) is 30.3 Å². The summed E-state index contributed by atoms with van der Waals surface area (Å²) in [6, 6.07) is 16.9. The molecule has 5 nitrogen and oxygen atoms in total. The number of hydrogen-bond acceptors (Lipinski definition) is 5. The predicted octanol–water partition coefficient (Wildman–Crippen LogP) is 4.23. The maximum Gasteiger partial charge on any atom is 0.299 e. The second kappa shape index (κ2) is 6.99. The van der Waals surface area contributed by atoms with Crippen molar-refractivity contribution in [2.75, 3.05) is 36.5 Å². The molecule has 1 aliphatic rings. The fourth-order valence-corrected chi connectivity index (χ4v) is 3.03. The molecule has 2 aromatic carbocycles. The van der Waals surface area contributed by atoms with Gasteiger partial charge in [0.05, 0.1) is 19.4 Å². The zero-order chi connectivity index (χ0) is 17.1. The summed E-state index contributed by atoms with van der Waals surface area (Å²) in [7, 11) is 0. The van der Waals surface area contributed by atoms with E-state index in [2.05, 4.69) is 40.3 Å². The van der Waals surface area contributed by atoms with E-state index in [-0.39, 0.29) is 0 Å². The number of oxazole rings is 1. The Labute approximate surface area is 147 Å².